The molecule has 5 heterocycles. The average molecular weight is 809 g/mol. The van der Waals surface area contributed by atoms with E-state index in [2.05, 4.69) is 54.3 Å². The van der Waals surface area contributed by atoms with E-state index in [1.54, 1.807) is 17.3 Å². The van der Waals surface area contributed by atoms with Crippen molar-refractivity contribution in [1.29, 1.82) is 0 Å². The lowest BCUT2D eigenvalue weighted by atomic mass is 10.0. The molecule has 0 unspecified atom stereocenters. The molecular weight excluding hydrogens is 761 g/mol. The fourth-order valence-electron chi connectivity index (χ4n) is 8.30. The van der Waals surface area contributed by atoms with Crippen molar-refractivity contribution in [2.45, 2.75) is 87.7 Å². The quantitative estimate of drug-likeness (QED) is 0.160. The van der Waals surface area contributed by atoms with Crippen LogP contribution >= 0.6 is 0 Å². The van der Waals surface area contributed by atoms with Crippen LogP contribution in [0.15, 0.2) is 73.1 Å². The van der Waals surface area contributed by atoms with Gasteiger partial charge < -0.3 is 39.9 Å². The molecule has 4 N–H and O–H groups in total. The van der Waals surface area contributed by atoms with E-state index in [0.29, 0.717) is 43.6 Å². The van der Waals surface area contributed by atoms with E-state index in [-0.39, 0.29) is 53.5 Å². The highest BCUT2D eigenvalue weighted by Crippen LogP contribution is 2.37. The molecule has 308 valence electrons. The monoisotopic (exact) mass is 808 g/mol. The third-order valence-electron chi connectivity index (χ3n) is 11.9. The summed E-state index contributed by atoms with van der Waals surface area (Å²) < 4.78 is 11.9. The van der Waals surface area contributed by atoms with Gasteiger partial charge in [0.05, 0.1) is 31.5 Å². The third kappa shape index (κ3) is 8.86. The van der Waals surface area contributed by atoms with Crippen LogP contribution in [-0.2, 0) is 28.7 Å². The van der Waals surface area contributed by atoms with Crippen molar-refractivity contribution >= 4 is 23.6 Å². The first kappa shape index (κ1) is 39.3. The molecule has 14 nitrogen and oxygen atoms in total. The maximum absolute atomic E-state index is 14.0. The standard InChI is InChI=1S/C46H48N8O6/c55-43(31-19-20-31)51-39(29-11-3-1-4-12-29)45(57)53-23-9-16-36(53)41-47-25-34(49-41)15-7-8-18-38-59-27-33(28-60-38)35-26-48-42(50-35)37-17-10-24-54(37)46(58)40(30-13-5-2-6-14-30)52-44(56)32-21-22-32/h1-6,11-14,25-26,31-33,36-40H,9-10,16-17,19-24,27-28H2,(H,47,49)(H,48,50)(H,51,55)(H,52,56)/t33?,36-,37-,38?,39-,40-/m0/s1. The van der Waals surface area contributed by atoms with Gasteiger partial charge in [0.1, 0.15) is 29.4 Å². The van der Waals surface area contributed by atoms with Crippen LogP contribution in [0.5, 0.6) is 0 Å². The van der Waals surface area contributed by atoms with Crippen molar-refractivity contribution in [2.75, 3.05) is 26.3 Å². The lowest BCUT2D eigenvalue weighted by Crippen LogP contribution is -2.43. The number of nitrogens with zero attached hydrogens (tertiary/aromatic N) is 4. The zero-order chi connectivity index (χ0) is 41.0. The van der Waals surface area contributed by atoms with Crippen molar-refractivity contribution in [3.8, 4) is 23.7 Å². The molecule has 2 aliphatic carbocycles. The number of amides is 4. The van der Waals surface area contributed by atoms with E-state index < -0.39 is 18.4 Å². The summed E-state index contributed by atoms with van der Waals surface area (Å²) in [6.45, 7) is 1.88. The Morgan fingerprint density at radius 1 is 0.667 bits per heavy atom. The van der Waals surface area contributed by atoms with E-state index >= 15 is 0 Å². The second-order valence-corrected chi connectivity index (χ2v) is 16.3. The van der Waals surface area contributed by atoms with Crippen LogP contribution in [0.4, 0.5) is 0 Å². The maximum atomic E-state index is 14.0. The number of imidazole rings is 2. The van der Waals surface area contributed by atoms with Crippen molar-refractivity contribution in [1.82, 2.24) is 40.4 Å². The van der Waals surface area contributed by atoms with Gasteiger partial charge in [0.15, 0.2) is 0 Å². The van der Waals surface area contributed by atoms with Crippen molar-refractivity contribution < 1.29 is 28.7 Å². The van der Waals surface area contributed by atoms with Gasteiger partial charge in [-0.2, -0.15) is 0 Å². The molecule has 2 aromatic carbocycles. The Morgan fingerprint density at radius 3 is 1.72 bits per heavy atom. The van der Waals surface area contributed by atoms with Gasteiger partial charge in [0.25, 0.3) is 0 Å². The highest BCUT2D eigenvalue weighted by atomic mass is 16.7. The van der Waals surface area contributed by atoms with Crippen LogP contribution in [0.1, 0.15) is 116 Å². The van der Waals surface area contributed by atoms with E-state index in [0.717, 1.165) is 68.2 Å². The Hall–Kier alpha value is -6.22. The van der Waals surface area contributed by atoms with Crippen molar-refractivity contribution in [2.24, 2.45) is 11.8 Å². The summed E-state index contributed by atoms with van der Waals surface area (Å²) >= 11 is 0. The van der Waals surface area contributed by atoms with Crippen LogP contribution < -0.4 is 10.6 Å². The van der Waals surface area contributed by atoms with Crippen molar-refractivity contribution in [3.63, 3.8) is 0 Å². The van der Waals surface area contributed by atoms with E-state index in [1.165, 1.54) is 0 Å². The largest absolute Gasteiger partial charge is 0.344 e. The fourth-order valence-corrected chi connectivity index (χ4v) is 8.30. The van der Waals surface area contributed by atoms with Gasteiger partial charge in [-0.05, 0) is 86.2 Å². The van der Waals surface area contributed by atoms with Crippen LogP contribution in [0.3, 0.4) is 0 Å². The van der Waals surface area contributed by atoms with Crippen molar-refractivity contribution in [3.05, 3.63) is 107 Å². The first-order chi connectivity index (χ1) is 29.4. The molecular formula is C46H48N8O6. The highest BCUT2D eigenvalue weighted by Gasteiger charge is 2.41. The molecule has 0 radical (unpaired) electrons. The number of nitrogens with one attached hydrogen (secondary N) is 4. The molecule has 14 heteroatoms. The summed E-state index contributed by atoms with van der Waals surface area (Å²) in [7, 11) is 0. The van der Waals surface area contributed by atoms with Crippen LogP contribution in [0.25, 0.3) is 0 Å². The second-order valence-electron chi connectivity index (χ2n) is 16.3. The highest BCUT2D eigenvalue weighted by molar-refractivity contribution is 5.91. The molecule has 0 spiro atoms. The molecule has 4 atom stereocenters. The van der Waals surface area contributed by atoms with Gasteiger partial charge in [0, 0.05) is 42.7 Å². The number of H-pyrrole nitrogens is 2. The zero-order valence-corrected chi connectivity index (χ0v) is 33.3. The van der Waals surface area contributed by atoms with Gasteiger partial charge in [-0.25, -0.2) is 9.97 Å². The number of hydrogen-bond donors (Lipinski definition) is 4. The van der Waals surface area contributed by atoms with Gasteiger partial charge in [-0.15, -0.1) is 0 Å². The lowest BCUT2D eigenvalue weighted by molar-refractivity contribution is -0.154. The predicted octanol–water partition coefficient (Wildman–Crippen LogP) is 4.51. The summed E-state index contributed by atoms with van der Waals surface area (Å²) in [6.07, 6.45) is 9.29. The summed E-state index contributed by atoms with van der Waals surface area (Å²) in [4.78, 5) is 73.1. The Kier molecular flexibility index (Phi) is 11.5. The third-order valence-corrected chi connectivity index (χ3v) is 11.9. The molecule has 4 aromatic rings. The average Bonchev–Trinajstić information content (AvgIpc) is 4.05. The number of rotatable bonds is 11. The molecule has 5 fully saturated rings. The van der Waals surface area contributed by atoms with Crippen LogP contribution in [0.2, 0.25) is 0 Å². The molecule has 0 bridgehead atoms. The topological polar surface area (TPSA) is 175 Å². The molecule has 60 heavy (non-hydrogen) atoms. The zero-order valence-electron chi connectivity index (χ0n) is 33.3. The second kappa shape index (κ2) is 17.6. The molecule has 3 aliphatic heterocycles. The normalized spacial score (nSPS) is 23.4. The Balaban J connectivity index is 0.785. The van der Waals surface area contributed by atoms with E-state index in [4.69, 9.17) is 9.47 Å². The number of aromatic nitrogens is 4. The smallest absolute Gasteiger partial charge is 0.250 e. The lowest BCUT2D eigenvalue weighted by Gasteiger charge is -2.29. The Bertz CT molecular complexity index is 2320. The number of carbonyl (C=O) groups excluding carboxylic acids is 4. The first-order valence-corrected chi connectivity index (χ1v) is 21.1. The maximum Gasteiger partial charge on any atom is 0.250 e. The number of likely N-dealkylation sites (tertiary alicyclic amines) is 2. The number of hydrogen-bond acceptors (Lipinski definition) is 8. The molecule has 2 saturated carbocycles. The summed E-state index contributed by atoms with van der Waals surface area (Å²) in [5, 5.41) is 6.03. The number of ether oxygens (including phenoxy) is 2. The minimum atomic E-state index is -0.756. The first-order valence-electron chi connectivity index (χ1n) is 21.1. The number of aromatic amines is 2. The van der Waals surface area contributed by atoms with E-state index in [9.17, 15) is 19.2 Å². The molecule has 4 amide bonds. The SMILES string of the molecule is O=C(N[C@H](C(=O)N1CCC[C@H]1c1ncc(C#CC#CC2OCC(c3cnc([C@@H]4CCCN4C(=O)[C@@H](NC(=O)C4CC4)c4ccccc4)[nH]3)CO2)[nH]1)c1ccccc1)C1CC1. The van der Waals surface area contributed by atoms with Gasteiger partial charge in [0.2, 0.25) is 29.9 Å². The van der Waals surface area contributed by atoms with E-state index in [1.807, 2.05) is 65.6 Å². The van der Waals surface area contributed by atoms with Gasteiger partial charge in [-0.1, -0.05) is 60.7 Å². The summed E-state index contributed by atoms with van der Waals surface area (Å²) in [6, 6.07) is 16.8. The summed E-state index contributed by atoms with van der Waals surface area (Å²) in [5.41, 5.74) is 2.95. The van der Waals surface area contributed by atoms with Crippen LogP contribution in [0, 0.1) is 35.5 Å². The molecule has 5 aliphatic rings. The molecule has 3 saturated heterocycles. The number of carbonyl (C=O) groups is 4. The fraction of sp³-hybridized carbons (Fsp3) is 0.435. The number of benzene rings is 2. The van der Waals surface area contributed by atoms with Crippen LogP contribution in [-0.4, -0.2) is 86.0 Å². The molecule has 2 aromatic heterocycles. The molecule has 9 rings (SSSR count). The summed E-state index contributed by atoms with van der Waals surface area (Å²) in [5.74, 6) is 12.4. The minimum Gasteiger partial charge on any atom is -0.344 e. The van der Waals surface area contributed by atoms with Gasteiger partial charge in [-0.3, -0.25) is 19.2 Å². The predicted molar refractivity (Wildman–Crippen MR) is 218 cm³/mol. The Labute approximate surface area is 348 Å². The van der Waals surface area contributed by atoms with Gasteiger partial charge >= 0.3 is 0 Å². The minimum absolute atomic E-state index is 0.0104. The Morgan fingerprint density at radius 2 is 1.18 bits per heavy atom.